The first-order valence-electron chi connectivity index (χ1n) is 7.18. The van der Waals surface area contributed by atoms with E-state index in [1.165, 1.54) is 0 Å². The van der Waals surface area contributed by atoms with E-state index in [1.807, 2.05) is 31.3 Å². The molecule has 1 aliphatic heterocycles. The van der Waals surface area contributed by atoms with Crippen molar-refractivity contribution in [3.05, 3.63) is 34.9 Å². The van der Waals surface area contributed by atoms with Crippen molar-refractivity contribution in [2.75, 3.05) is 25.1 Å². The Balaban J connectivity index is 2.29. The van der Waals surface area contributed by atoms with Gasteiger partial charge in [-0.25, -0.2) is 8.42 Å². The number of benzene rings is 1. The lowest BCUT2D eigenvalue weighted by Gasteiger charge is -2.46. The number of nitrogens with two attached hydrogens (primary N) is 1. The van der Waals surface area contributed by atoms with Gasteiger partial charge in [-0.3, -0.25) is 4.90 Å². The van der Waals surface area contributed by atoms with Crippen molar-refractivity contribution in [3.63, 3.8) is 0 Å². The minimum atomic E-state index is -3.02. The molecule has 2 unspecified atom stereocenters. The summed E-state index contributed by atoms with van der Waals surface area (Å²) in [6.45, 7) is 2.40. The molecular weight excluding hydrogens is 308 g/mol. The quantitative estimate of drug-likeness (QED) is 0.919. The molecule has 1 fully saturated rings. The fourth-order valence-electron chi connectivity index (χ4n) is 3.16. The largest absolute Gasteiger partial charge is 0.329 e. The fraction of sp³-hybridized carbons (Fsp3) is 0.600. The van der Waals surface area contributed by atoms with E-state index in [4.69, 9.17) is 17.3 Å². The molecule has 1 aliphatic rings. The van der Waals surface area contributed by atoms with Gasteiger partial charge in [-0.1, -0.05) is 23.7 Å². The summed E-state index contributed by atoms with van der Waals surface area (Å²) in [6.07, 6.45) is 1.48. The van der Waals surface area contributed by atoms with Crippen molar-refractivity contribution in [2.45, 2.75) is 31.3 Å². The van der Waals surface area contributed by atoms with Gasteiger partial charge in [0, 0.05) is 23.1 Å². The monoisotopic (exact) mass is 330 g/mol. The minimum Gasteiger partial charge on any atom is -0.329 e. The molecular formula is C15H23ClN2O2S. The minimum absolute atomic E-state index is 0.0561. The summed E-state index contributed by atoms with van der Waals surface area (Å²) in [5.74, 6) is 0.409. The Morgan fingerprint density at radius 2 is 2.19 bits per heavy atom. The number of nitrogens with zero attached hydrogens (tertiary/aromatic N) is 1. The summed E-state index contributed by atoms with van der Waals surface area (Å²) in [5, 5.41) is 0.686. The van der Waals surface area contributed by atoms with E-state index in [1.54, 1.807) is 0 Å². The number of sulfone groups is 1. The third-order valence-electron chi connectivity index (χ3n) is 4.63. The fourth-order valence-corrected chi connectivity index (χ4v) is 5.37. The van der Waals surface area contributed by atoms with E-state index in [-0.39, 0.29) is 17.5 Å². The molecule has 2 rings (SSSR count). The summed E-state index contributed by atoms with van der Waals surface area (Å²) < 4.78 is 24.1. The first-order chi connectivity index (χ1) is 9.80. The predicted octanol–water partition coefficient (Wildman–Crippen LogP) is 2.24. The molecule has 0 spiro atoms. The Morgan fingerprint density at radius 3 is 2.76 bits per heavy atom. The van der Waals surface area contributed by atoms with Crippen molar-refractivity contribution in [2.24, 2.45) is 5.73 Å². The van der Waals surface area contributed by atoms with Gasteiger partial charge in [0.1, 0.15) is 0 Å². The average Bonchev–Trinajstić information content (AvgIpc) is 2.44. The van der Waals surface area contributed by atoms with E-state index in [0.717, 1.165) is 12.0 Å². The molecule has 0 saturated carbocycles. The van der Waals surface area contributed by atoms with E-state index < -0.39 is 15.4 Å². The molecule has 118 valence electrons. The highest BCUT2D eigenvalue weighted by atomic mass is 35.5. The van der Waals surface area contributed by atoms with Crippen LogP contribution in [0.3, 0.4) is 0 Å². The van der Waals surface area contributed by atoms with Gasteiger partial charge < -0.3 is 5.73 Å². The van der Waals surface area contributed by atoms with Crippen LogP contribution in [0.2, 0.25) is 5.02 Å². The van der Waals surface area contributed by atoms with Gasteiger partial charge in [-0.05, 0) is 44.5 Å². The van der Waals surface area contributed by atoms with E-state index in [2.05, 4.69) is 11.8 Å². The van der Waals surface area contributed by atoms with Crippen molar-refractivity contribution >= 4 is 21.4 Å². The molecule has 0 radical (unpaired) electrons. The lowest BCUT2D eigenvalue weighted by molar-refractivity contribution is 0.0904. The number of likely N-dealkylation sites (N-methyl/N-ethyl adjacent to an activating group) is 1. The second-order valence-electron chi connectivity index (χ2n) is 5.97. The summed E-state index contributed by atoms with van der Waals surface area (Å²) in [4.78, 5) is 2.11. The predicted molar refractivity (Wildman–Crippen MR) is 87.3 cm³/mol. The highest BCUT2D eigenvalue weighted by Gasteiger charge is 2.42. The Morgan fingerprint density at radius 1 is 1.48 bits per heavy atom. The molecule has 4 nitrogen and oxygen atoms in total. The molecule has 1 saturated heterocycles. The van der Waals surface area contributed by atoms with E-state index in [9.17, 15) is 8.42 Å². The molecule has 0 bridgehead atoms. The van der Waals surface area contributed by atoms with Crippen molar-refractivity contribution in [1.82, 2.24) is 4.90 Å². The van der Waals surface area contributed by atoms with Crippen LogP contribution in [0, 0.1) is 0 Å². The van der Waals surface area contributed by atoms with Gasteiger partial charge in [0.2, 0.25) is 0 Å². The standard InChI is InChI=1S/C15H23ClN2O2S/c1-12(13-5-3-6-14(16)9-13)18(2)15(10-17)7-4-8-21(19,20)11-15/h3,5-6,9,12H,4,7-8,10-11,17H2,1-2H3. The van der Waals surface area contributed by atoms with Crippen LogP contribution in [0.5, 0.6) is 0 Å². The molecule has 0 aliphatic carbocycles. The zero-order valence-electron chi connectivity index (χ0n) is 12.5. The Labute approximate surface area is 132 Å². The Bertz CT molecular complexity index is 605. The number of hydrogen-bond donors (Lipinski definition) is 1. The van der Waals surface area contributed by atoms with Gasteiger partial charge in [0.15, 0.2) is 9.84 Å². The second kappa shape index (κ2) is 6.24. The second-order valence-corrected chi connectivity index (χ2v) is 8.59. The lowest BCUT2D eigenvalue weighted by Crippen LogP contribution is -2.59. The molecule has 1 aromatic carbocycles. The summed E-state index contributed by atoms with van der Waals surface area (Å²) >= 11 is 6.05. The summed E-state index contributed by atoms with van der Waals surface area (Å²) in [7, 11) is -1.06. The highest BCUT2D eigenvalue weighted by molar-refractivity contribution is 7.91. The van der Waals surface area contributed by atoms with Crippen molar-refractivity contribution < 1.29 is 8.42 Å². The Hall–Kier alpha value is -0.620. The third-order valence-corrected chi connectivity index (χ3v) is 6.75. The van der Waals surface area contributed by atoms with E-state index >= 15 is 0 Å². The number of rotatable bonds is 4. The molecule has 1 heterocycles. The smallest absolute Gasteiger partial charge is 0.152 e. The number of hydrogen-bond acceptors (Lipinski definition) is 4. The van der Waals surface area contributed by atoms with Crippen LogP contribution in [0.1, 0.15) is 31.4 Å². The van der Waals surface area contributed by atoms with Crippen LogP contribution >= 0.6 is 11.6 Å². The maximum atomic E-state index is 12.0. The van der Waals surface area contributed by atoms with Crippen LogP contribution in [0.25, 0.3) is 0 Å². The number of halogens is 1. The van der Waals surface area contributed by atoms with Crippen molar-refractivity contribution in [3.8, 4) is 0 Å². The third kappa shape index (κ3) is 3.59. The lowest BCUT2D eigenvalue weighted by atomic mass is 9.91. The van der Waals surface area contributed by atoms with Crippen LogP contribution in [0.15, 0.2) is 24.3 Å². The van der Waals surface area contributed by atoms with Crippen LogP contribution in [-0.4, -0.2) is 44.0 Å². The maximum Gasteiger partial charge on any atom is 0.152 e. The highest BCUT2D eigenvalue weighted by Crippen LogP contribution is 2.34. The molecule has 6 heteroatoms. The Kier molecular flexibility index (Phi) is 4.98. The van der Waals surface area contributed by atoms with Gasteiger partial charge in [-0.15, -0.1) is 0 Å². The summed E-state index contributed by atoms with van der Waals surface area (Å²) in [5.41, 5.74) is 6.56. The zero-order chi connectivity index (χ0) is 15.7. The zero-order valence-corrected chi connectivity index (χ0v) is 14.1. The molecule has 0 aromatic heterocycles. The first-order valence-corrected chi connectivity index (χ1v) is 9.38. The van der Waals surface area contributed by atoms with Gasteiger partial charge in [0.05, 0.1) is 11.5 Å². The first kappa shape index (κ1) is 16.7. The molecule has 2 N–H and O–H groups in total. The normalized spacial score (nSPS) is 26.7. The molecule has 2 atom stereocenters. The van der Waals surface area contributed by atoms with Crippen molar-refractivity contribution in [1.29, 1.82) is 0 Å². The van der Waals surface area contributed by atoms with Gasteiger partial charge >= 0.3 is 0 Å². The van der Waals surface area contributed by atoms with Crippen LogP contribution in [-0.2, 0) is 9.84 Å². The average molecular weight is 331 g/mol. The van der Waals surface area contributed by atoms with Gasteiger partial charge in [0.25, 0.3) is 0 Å². The van der Waals surface area contributed by atoms with E-state index in [0.29, 0.717) is 18.0 Å². The van der Waals surface area contributed by atoms with Crippen LogP contribution in [0.4, 0.5) is 0 Å². The molecule has 0 amide bonds. The maximum absolute atomic E-state index is 12.0. The molecule has 21 heavy (non-hydrogen) atoms. The molecule has 1 aromatic rings. The van der Waals surface area contributed by atoms with Crippen LogP contribution < -0.4 is 5.73 Å². The SMILES string of the molecule is CC(c1cccc(Cl)c1)N(C)C1(CN)CCCS(=O)(=O)C1. The van der Waals surface area contributed by atoms with Gasteiger partial charge in [-0.2, -0.15) is 0 Å². The summed E-state index contributed by atoms with van der Waals surface area (Å²) in [6, 6.07) is 7.73. The topological polar surface area (TPSA) is 63.4 Å².